The van der Waals surface area contributed by atoms with Crippen LogP contribution in [0.4, 0.5) is 5.69 Å². The number of carbonyl (C=O) groups excluding carboxylic acids is 1. The van der Waals surface area contributed by atoms with Gasteiger partial charge in [-0.25, -0.2) is 8.42 Å². The zero-order valence-corrected chi connectivity index (χ0v) is 14.6. The van der Waals surface area contributed by atoms with Gasteiger partial charge >= 0.3 is 0 Å². The largest absolute Gasteiger partial charge is 0.383 e. The molecule has 0 heterocycles. The lowest BCUT2D eigenvalue weighted by molar-refractivity contribution is -0.122. The minimum Gasteiger partial charge on any atom is -0.383 e. The molecular weight excluding hydrogens is 328 g/mol. The number of rotatable bonds is 7. The maximum atomic E-state index is 12.3. The van der Waals surface area contributed by atoms with Gasteiger partial charge in [0.15, 0.2) is 0 Å². The van der Waals surface area contributed by atoms with Crippen LogP contribution in [0.5, 0.6) is 0 Å². The number of amides is 1. The van der Waals surface area contributed by atoms with E-state index in [0.717, 1.165) is 10.6 Å². The molecule has 0 spiro atoms. The van der Waals surface area contributed by atoms with Gasteiger partial charge in [0.05, 0.1) is 18.6 Å². The Hall–Kier alpha value is -1.31. The van der Waals surface area contributed by atoms with Crippen LogP contribution in [0, 0.1) is 0 Å². The van der Waals surface area contributed by atoms with Gasteiger partial charge in [-0.05, 0) is 38.1 Å². The van der Waals surface area contributed by atoms with Gasteiger partial charge in [0.25, 0.3) is 0 Å². The maximum absolute atomic E-state index is 12.3. The molecule has 0 aromatic heterocycles. The van der Waals surface area contributed by atoms with E-state index in [1.165, 1.54) is 14.0 Å². The Labute approximate surface area is 136 Å². The fourth-order valence-electron chi connectivity index (χ4n) is 2.05. The monoisotopic (exact) mass is 348 g/mol. The van der Waals surface area contributed by atoms with Crippen LogP contribution in [0.2, 0.25) is 5.02 Å². The Bertz CT molecular complexity index is 604. The molecule has 6 nitrogen and oxygen atoms in total. The van der Waals surface area contributed by atoms with Crippen molar-refractivity contribution in [2.24, 2.45) is 0 Å². The molecule has 0 aliphatic rings. The van der Waals surface area contributed by atoms with Crippen LogP contribution in [0.3, 0.4) is 0 Å². The summed E-state index contributed by atoms with van der Waals surface area (Å²) < 4.78 is 30.1. The lowest BCUT2D eigenvalue weighted by atomic mass is 10.2. The number of hydrogen-bond donors (Lipinski definition) is 1. The number of nitrogens with zero attached hydrogens (tertiary/aromatic N) is 1. The second-order valence-corrected chi connectivity index (χ2v) is 7.37. The molecule has 1 aromatic rings. The van der Waals surface area contributed by atoms with Crippen LogP contribution in [0.15, 0.2) is 24.3 Å². The number of carbonyl (C=O) groups is 1. The van der Waals surface area contributed by atoms with Gasteiger partial charge in [-0.2, -0.15) is 0 Å². The van der Waals surface area contributed by atoms with Crippen molar-refractivity contribution in [2.75, 3.05) is 24.3 Å². The van der Waals surface area contributed by atoms with E-state index in [0.29, 0.717) is 17.3 Å². The molecule has 1 N–H and O–H groups in total. The van der Waals surface area contributed by atoms with Gasteiger partial charge in [0, 0.05) is 18.2 Å². The smallest absolute Gasteiger partial charge is 0.243 e. The van der Waals surface area contributed by atoms with E-state index < -0.39 is 22.0 Å². The van der Waals surface area contributed by atoms with Gasteiger partial charge in [-0.3, -0.25) is 9.10 Å². The molecule has 124 valence electrons. The molecule has 22 heavy (non-hydrogen) atoms. The van der Waals surface area contributed by atoms with Crippen LogP contribution in [0.1, 0.15) is 13.8 Å². The molecule has 0 fully saturated rings. The third-order valence-electron chi connectivity index (χ3n) is 2.97. The molecule has 0 radical (unpaired) electrons. The predicted molar refractivity (Wildman–Crippen MR) is 87.7 cm³/mol. The molecule has 1 amide bonds. The number of nitrogens with one attached hydrogen (secondary N) is 1. The Morgan fingerprint density at radius 3 is 2.32 bits per heavy atom. The van der Waals surface area contributed by atoms with Gasteiger partial charge in [-0.1, -0.05) is 11.6 Å². The molecule has 0 aliphatic heterocycles. The Morgan fingerprint density at radius 1 is 1.32 bits per heavy atom. The fourth-order valence-corrected chi connectivity index (χ4v) is 3.35. The van der Waals surface area contributed by atoms with E-state index in [1.54, 1.807) is 31.2 Å². The van der Waals surface area contributed by atoms with Crippen LogP contribution in [-0.2, 0) is 19.6 Å². The number of methoxy groups -OCH3 is 1. The van der Waals surface area contributed by atoms with Crippen molar-refractivity contribution in [3.63, 3.8) is 0 Å². The van der Waals surface area contributed by atoms with Crippen LogP contribution < -0.4 is 9.62 Å². The lowest BCUT2D eigenvalue weighted by Crippen LogP contribution is -2.50. The standard InChI is InChI=1S/C14H21ClN2O4S/c1-10(9-21-3)16-14(18)11(2)17(22(4,19)20)13-7-5-12(15)6-8-13/h5-8,10-11H,9H2,1-4H3,(H,16,18)/t10-,11+/m1/s1. The van der Waals surface area contributed by atoms with Crippen molar-refractivity contribution in [2.45, 2.75) is 25.9 Å². The van der Waals surface area contributed by atoms with Crippen molar-refractivity contribution in [1.82, 2.24) is 5.32 Å². The molecule has 0 aliphatic carbocycles. The highest BCUT2D eigenvalue weighted by Gasteiger charge is 2.29. The highest BCUT2D eigenvalue weighted by Crippen LogP contribution is 2.23. The number of benzene rings is 1. The van der Waals surface area contributed by atoms with Gasteiger partial charge in [0.1, 0.15) is 6.04 Å². The van der Waals surface area contributed by atoms with Crippen molar-refractivity contribution < 1.29 is 17.9 Å². The molecule has 1 aromatic carbocycles. The van der Waals surface area contributed by atoms with E-state index in [-0.39, 0.29) is 6.04 Å². The number of hydrogen-bond acceptors (Lipinski definition) is 4. The quantitative estimate of drug-likeness (QED) is 0.812. The first kappa shape index (κ1) is 18.7. The van der Waals surface area contributed by atoms with Crippen molar-refractivity contribution in [1.29, 1.82) is 0 Å². The minimum atomic E-state index is -3.62. The molecule has 0 bridgehead atoms. The minimum absolute atomic E-state index is 0.216. The predicted octanol–water partition coefficient (Wildman–Crippen LogP) is 1.65. The van der Waals surface area contributed by atoms with Gasteiger partial charge in [0.2, 0.25) is 15.9 Å². The fraction of sp³-hybridized carbons (Fsp3) is 0.500. The number of anilines is 1. The van der Waals surface area contributed by atoms with Crippen molar-refractivity contribution in [3.05, 3.63) is 29.3 Å². The van der Waals surface area contributed by atoms with E-state index in [2.05, 4.69) is 5.32 Å². The maximum Gasteiger partial charge on any atom is 0.243 e. The lowest BCUT2D eigenvalue weighted by Gasteiger charge is -2.29. The summed E-state index contributed by atoms with van der Waals surface area (Å²) in [7, 11) is -2.09. The molecule has 8 heteroatoms. The van der Waals surface area contributed by atoms with Crippen LogP contribution in [-0.4, -0.2) is 46.4 Å². The number of ether oxygens (including phenoxy) is 1. The summed E-state index contributed by atoms with van der Waals surface area (Å²) in [6, 6.07) is 5.17. The van der Waals surface area contributed by atoms with E-state index in [1.807, 2.05) is 0 Å². The topological polar surface area (TPSA) is 75.7 Å². The van der Waals surface area contributed by atoms with Gasteiger partial charge in [-0.15, -0.1) is 0 Å². The summed E-state index contributed by atoms with van der Waals surface area (Å²) in [6.45, 7) is 3.66. The zero-order valence-electron chi connectivity index (χ0n) is 13.0. The SMILES string of the molecule is COC[C@@H](C)NC(=O)[C@H](C)N(c1ccc(Cl)cc1)S(C)(=O)=O. The summed E-state index contributed by atoms with van der Waals surface area (Å²) in [5, 5.41) is 3.21. The zero-order chi connectivity index (χ0) is 16.9. The highest BCUT2D eigenvalue weighted by atomic mass is 35.5. The third-order valence-corrected chi connectivity index (χ3v) is 4.47. The Kier molecular flexibility index (Phi) is 6.65. The van der Waals surface area contributed by atoms with Crippen LogP contribution >= 0.6 is 11.6 Å². The van der Waals surface area contributed by atoms with Crippen LogP contribution in [0.25, 0.3) is 0 Å². The second-order valence-electron chi connectivity index (χ2n) is 5.08. The molecule has 2 atom stereocenters. The normalized spacial score (nSPS) is 14.2. The molecular formula is C14H21ClN2O4S. The summed E-state index contributed by atoms with van der Waals surface area (Å²) in [5.41, 5.74) is 0.383. The number of sulfonamides is 1. The first-order valence-corrected chi connectivity index (χ1v) is 8.93. The summed E-state index contributed by atoms with van der Waals surface area (Å²) in [4.78, 5) is 12.3. The second kappa shape index (κ2) is 7.80. The molecule has 0 unspecified atom stereocenters. The Morgan fingerprint density at radius 2 is 1.86 bits per heavy atom. The first-order valence-electron chi connectivity index (χ1n) is 6.71. The van der Waals surface area contributed by atoms with E-state index in [4.69, 9.17) is 16.3 Å². The summed E-state index contributed by atoms with van der Waals surface area (Å²) in [6.07, 6.45) is 1.06. The number of halogens is 1. The first-order chi connectivity index (χ1) is 10.2. The van der Waals surface area contributed by atoms with E-state index in [9.17, 15) is 13.2 Å². The van der Waals surface area contributed by atoms with E-state index >= 15 is 0 Å². The average Bonchev–Trinajstić information content (AvgIpc) is 2.39. The molecule has 1 rings (SSSR count). The Balaban J connectivity index is 3.02. The highest BCUT2D eigenvalue weighted by molar-refractivity contribution is 7.92. The van der Waals surface area contributed by atoms with Gasteiger partial charge < -0.3 is 10.1 Å². The summed E-state index contributed by atoms with van der Waals surface area (Å²) in [5.74, 6) is -0.398. The van der Waals surface area contributed by atoms with Crippen molar-refractivity contribution >= 4 is 33.2 Å². The third kappa shape index (κ3) is 5.15. The summed E-state index contributed by atoms with van der Waals surface area (Å²) >= 11 is 5.82. The molecule has 0 saturated heterocycles. The molecule has 0 saturated carbocycles. The van der Waals surface area contributed by atoms with Crippen molar-refractivity contribution in [3.8, 4) is 0 Å². The average molecular weight is 349 g/mol.